The third-order valence-electron chi connectivity index (χ3n) is 9.74. The third-order valence-corrected chi connectivity index (χ3v) is 9.74. The Morgan fingerprint density at radius 2 is 1.73 bits per heavy atom. The van der Waals surface area contributed by atoms with Crippen LogP contribution in [0.4, 0.5) is 11.8 Å². The van der Waals surface area contributed by atoms with E-state index < -0.39 is 0 Å². The first-order valence-corrected chi connectivity index (χ1v) is 17.9. The highest BCUT2D eigenvalue weighted by Gasteiger charge is 2.21. The fraction of sp³-hybridized carbons (Fsp3) is 0.486. The number of ether oxygens (including phenoxy) is 1. The Labute approximate surface area is 301 Å². The summed E-state index contributed by atoms with van der Waals surface area (Å²) in [4.78, 5) is 59.1. The summed E-state index contributed by atoms with van der Waals surface area (Å²) in [6, 6.07) is 3.98. The molecule has 2 amide bonds. The van der Waals surface area contributed by atoms with Crippen LogP contribution in [0.25, 0.3) is 33.3 Å². The van der Waals surface area contributed by atoms with Crippen molar-refractivity contribution in [1.82, 2.24) is 59.7 Å². The zero-order chi connectivity index (χ0) is 35.9. The second-order valence-electron chi connectivity index (χ2n) is 13.3. The number of aromatic amines is 1. The largest absolute Gasteiger partial charge is 0.383 e. The molecular formula is C35H46N14O3. The van der Waals surface area contributed by atoms with E-state index in [2.05, 4.69) is 57.0 Å². The number of nitrogens with one attached hydrogen (secondary N) is 2. The maximum absolute atomic E-state index is 12.8. The number of rotatable bonds is 14. The highest BCUT2D eigenvalue weighted by atomic mass is 16.5. The Hall–Kier alpha value is -5.26. The third kappa shape index (κ3) is 8.27. The van der Waals surface area contributed by atoms with Gasteiger partial charge in [0.25, 0.3) is 5.91 Å². The molecule has 0 bridgehead atoms. The van der Waals surface area contributed by atoms with Gasteiger partial charge >= 0.3 is 0 Å². The van der Waals surface area contributed by atoms with Crippen LogP contribution in [0.1, 0.15) is 29.6 Å². The van der Waals surface area contributed by atoms with E-state index >= 15 is 0 Å². The van der Waals surface area contributed by atoms with Crippen molar-refractivity contribution in [1.29, 1.82) is 0 Å². The zero-order valence-electron chi connectivity index (χ0n) is 29.6. The van der Waals surface area contributed by atoms with E-state index in [1.807, 2.05) is 27.9 Å². The fourth-order valence-corrected chi connectivity index (χ4v) is 6.59. The summed E-state index contributed by atoms with van der Waals surface area (Å²) >= 11 is 0. The van der Waals surface area contributed by atoms with Crippen molar-refractivity contribution in [3.05, 3.63) is 48.8 Å². The standard InChI is InChI=1S/C35H46N14O3/c1-45-9-13-47(14-10-45)28(50)5-18-52-19-17-46-11-15-48(16-12-46)35-40-22-27(23-41-35)34(51)38-6-2-3-8-49-33-29(31(36)42-24-43-33)30(44-49)26-20-25-4-7-37-32(25)39-21-26/h4,7,20-24H,2-3,5-6,8-19H2,1H3,(H,37,39)(H,38,51)(H2,36,42,43). The van der Waals surface area contributed by atoms with Crippen molar-refractivity contribution in [3.8, 4) is 11.3 Å². The number of aryl methyl sites for hydroxylation is 1. The number of carbonyl (C=O) groups is 2. The molecule has 17 nitrogen and oxygen atoms in total. The summed E-state index contributed by atoms with van der Waals surface area (Å²) in [7, 11) is 2.08. The molecule has 0 aromatic carbocycles. The highest BCUT2D eigenvalue weighted by Crippen LogP contribution is 2.31. The van der Waals surface area contributed by atoms with Gasteiger partial charge in [0.15, 0.2) is 5.65 Å². The molecule has 2 saturated heterocycles. The van der Waals surface area contributed by atoms with Crippen LogP contribution < -0.4 is 16.0 Å². The maximum Gasteiger partial charge on any atom is 0.254 e. The molecule has 0 radical (unpaired) electrons. The average Bonchev–Trinajstić information content (AvgIpc) is 3.80. The van der Waals surface area contributed by atoms with Gasteiger partial charge in [-0.25, -0.2) is 29.6 Å². The number of fused-ring (bicyclic) bond motifs is 2. The predicted octanol–water partition coefficient (Wildman–Crippen LogP) is 1.25. The van der Waals surface area contributed by atoms with Crippen molar-refractivity contribution in [2.45, 2.75) is 25.8 Å². The van der Waals surface area contributed by atoms with Crippen molar-refractivity contribution < 1.29 is 14.3 Å². The lowest BCUT2D eigenvalue weighted by Gasteiger charge is -2.34. The van der Waals surface area contributed by atoms with Gasteiger partial charge in [-0.05, 0) is 32.0 Å². The Kier molecular flexibility index (Phi) is 11.1. The summed E-state index contributed by atoms with van der Waals surface area (Å²) in [5, 5.41) is 9.49. The number of unbranched alkanes of at least 4 members (excludes halogenated alkanes) is 1. The van der Waals surface area contributed by atoms with Gasteiger partial charge in [0.2, 0.25) is 11.9 Å². The SMILES string of the molecule is CN1CCN(C(=O)CCOCCN2CCN(c3ncc(C(=O)NCCCCn4nc(-c5cnc6[nH]ccc6c5)c5c(N)ncnc54)cn3)CC2)CC1. The first-order valence-electron chi connectivity index (χ1n) is 17.9. The van der Waals surface area contributed by atoms with Crippen LogP contribution in [0.5, 0.6) is 0 Å². The molecule has 52 heavy (non-hydrogen) atoms. The van der Waals surface area contributed by atoms with E-state index in [1.54, 1.807) is 18.6 Å². The number of pyridine rings is 1. The topological polar surface area (TPSA) is 192 Å². The number of hydrogen-bond donors (Lipinski definition) is 3. The van der Waals surface area contributed by atoms with Crippen LogP contribution in [-0.4, -0.2) is 152 Å². The molecule has 0 aliphatic carbocycles. The second-order valence-corrected chi connectivity index (χ2v) is 13.3. The number of anilines is 2. The summed E-state index contributed by atoms with van der Waals surface area (Å²) in [6.07, 6.45) is 10.2. The Balaban J connectivity index is 0.808. The number of nitrogens with two attached hydrogens (primary N) is 1. The fourth-order valence-electron chi connectivity index (χ4n) is 6.59. The predicted molar refractivity (Wildman–Crippen MR) is 197 cm³/mol. The van der Waals surface area contributed by atoms with E-state index in [1.165, 1.54) is 6.33 Å². The van der Waals surface area contributed by atoms with Gasteiger partial charge in [0.1, 0.15) is 23.5 Å². The molecule has 5 aromatic heterocycles. The van der Waals surface area contributed by atoms with Crippen LogP contribution >= 0.6 is 0 Å². The van der Waals surface area contributed by atoms with Gasteiger partial charge in [0, 0.05) is 108 Å². The smallest absolute Gasteiger partial charge is 0.254 e. The molecule has 274 valence electrons. The lowest BCUT2D eigenvalue weighted by molar-refractivity contribution is -0.133. The first-order chi connectivity index (χ1) is 25.4. The number of nitrogen functional groups attached to an aromatic ring is 1. The Morgan fingerprint density at radius 1 is 0.923 bits per heavy atom. The molecule has 7 rings (SSSR count). The van der Waals surface area contributed by atoms with Crippen molar-refractivity contribution in [2.75, 3.05) is 96.3 Å². The number of aromatic nitrogens is 8. The van der Waals surface area contributed by atoms with Crippen LogP contribution in [0, 0.1) is 0 Å². The maximum atomic E-state index is 12.8. The lowest BCUT2D eigenvalue weighted by atomic mass is 10.1. The first kappa shape index (κ1) is 35.2. The molecular weight excluding hydrogens is 664 g/mol. The number of carbonyl (C=O) groups excluding carboxylic acids is 2. The molecule has 4 N–H and O–H groups in total. The van der Waals surface area contributed by atoms with Crippen LogP contribution in [0.3, 0.4) is 0 Å². The van der Waals surface area contributed by atoms with Gasteiger partial charge in [-0.15, -0.1) is 0 Å². The highest BCUT2D eigenvalue weighted by molar-refractivity contribution is 5.99. The molecule has 0 saturated carbocycles. The minimum Gasteiger partial charge on any atom is -0.383 e. The molecule has 17 heteroatoms. The van der Waals surface area contributed by atoms with Crippen molar-refractivity contribution in [2.24, 2.45) is 0 Å². The molecule has 2 fully saturated rings. The Morgan fingerprint density at radius 3 is 2.54 bits per heavy atom. The quantitative estimate of drug-likeness (QED) is 0.140. The Bertz CT molecular complexity index is 1960. The molecule has 7 heterocycles. The number of nitrogens with zero attached hydrogens (tertiary/aromatic N) is 11. The molecule has 5 aromatic rings. The monoisotopic (exact) mass is 710 g/mol. The van der Waals surface area contributed by atoms with Gasteiger partial charge in [0.05, 0.1) is 30.6 Å². The molecule has 2 aliphatic heterocycles. The van der Waals surface area contributed by atoms with Crippen molar-refractivity contribution >= 4 is 45.6 Å². The molecule has 0 spiro atoms. The van der Waals surface area contributed by atoms with E-state index in [0.29, 0.717) is 66.8 Å². The average molecular weight is 711 g/mol. The van der Waals surface area contributed by atoms with Crippen LogP contribution in [0.15, 0.2) is 43.2 Å². The zero-order valence-corrected chi connectivity index (χ0v) is 29.6. The van der Waals surface area contributed by atoms with Crippen LogP contribution in [0.2, 0.25) is 0 Å². The second kappa shape index (κ2) is 16.4. The van der Waals surface area contributed by atoms with E-state index in [0.717, 1.165) is 88.3 Å². The summed E-state index contributed by atoms with van der Waals surface area (Å²) in [6.45, 7) is 9.74. The lowest BCUT2D eigenvalue weighted by Crippen LogP contribution is -2.48. The van der Waals surface area contributed by atoms with Crippen LogP contribution in [-0.2, 0) is 16.1 Å². The minimum atomic E-state index is -0.207. The van der Waals surface area contributed by atoms with E-state index in [-0.39, 0.29) is 11.8 Å². The molecule has 2 aliphatic rings. The van der Waals surface area contributed by atoms with Gasteiger partial charge in [-0.1, -0.05) is 0 Å². The summed E-state index contributed by atoms with van der Waals surface area (Å²) < 4.78 is 7.62. The van der Waals surface area contributed by atoms with E-state index in [4.69, 9.17) is 15.6 Å². The number of amides is 2. The number of likely N-dealkylation sites (N-methyl/N-ethyl adjacent to an activating group) is 1. The summed E-state index contributed by atoms with van der Waals surface area (Å²) in [5.74, 6) is 0.959. The van der Waals surface area contributed by atoms with Gasteiger partial charge < -0.3 is 35.5 Å². The molecule has 0 atom stereocenters. The normalized spacial score (nSPS) is 15.9. The number of hydrogen-bond acceptors (Lipinski definition) is 13. The summed E-state index contributed by atoms with van der Waals surface area (Å²) in [5.41, 5.74) is 9.68. The number of H-pyrrole nitrogens is 1. The number of piperazine rings is 2. The van der Waals surface area contributed by atoms with Gasteiger partial charge in [-0.2, -0.15) is 5.10 Å². The van der Waals surface area contributed by atoms with E-state index in [9.17, 15) is 9.59 Å². The minimum absolute atomic E-state index is 0.179. The van der Waals surface area contributed by atoms with Crippen molar-refractivity contribution in [3.63, 3.8) is 0 Å². The molecule has 0 unspecified atom stereocenters. The van der Waals surface area contributed by atoms with Gasteiger partial charge in [-0.3, -0.25) is 14.5 Å².